The lowest BCUT2D eigenvalue weighted by Gasteiger charge is -2.37. The number of benzene rings is 1. The minimum atomic E-state index is -5.05. The van der Waals surface area contributed by atoms with E-state index in [1.165, 1.54) is 4.90 Å². The number of amides is 2. The lowest BCUT2D eigenvalue weighted by Crippen LogP contribution is -2.48. The zero-order valence-corrected chi connectivity index (χ0v) is 18.7. The first-order valence-corrected chi connectivity index (χ1v) is 10.8. The number of H-pyrrole nitrogens is 1. The Kier molecular flexibility index (Phi) is 6.05. The molecule has 1 saturated heterocycles. The van der Waals surface area contributed by atoms with Crippen molar-refractivity contribution in [1.29, 1.82) is 0 Å². The van der Waals surface area contributed by atoms with Crippen LogP contribution in [0.15, 0.2) is 18.2 Å². The molecule has 1 unspecified atom stereocenters. The van der Waals surface area contributed by atoms with E-state index >= 15 is 0 Å². The number of nitrogens with one attached hydrogen (secondary N) is 2. The summed E-state index contributed by atoms with van der Waals surface area (Å²) < 4.78 is 54.7. The molecule has 1 atom stereocenters. The van der Waals surface area contributed by atoms with Gasteiger partial charge in [0.05, 0.1) is 17.7 Å². The highest BCUT2D eigenvalue weighted by atomic mass is 19.4. The number of hydrogen-bond acceptors (Lipinski definition) is 5. The molecule has 2 aromatic rings. The van der Waals surface area contributed by atoms with E-state index in [0.29, 0.717) is 31.6 Å². The summed E-state index contributed by atoms with van der Waals surface area (Å²) in [7, 11) is 3.16. The van der Waals surface area contributed by atoms with Crippen molar-refractivity contribution in [1.82, 2.24) is 15.1 Å². The summed E-state index contributed by atoms with van der Waals surface area (Å²) in [5, 5.41) is 19.3. The number of aliphatic hydroxyl groups is 1. The first kappa shape index (κ1) is 24.0. The van der Waals surface area contributed by atoms with Gasteiger partial charge in [-0.2, -0.15) is 18.3 Å². The van der Waals surface area contributed by atoms with Gasteiger partial charge in [-0.25, -0.2) is 4.39 Å². The quantitative estimate of drug-likeness (QED) is 0.581. The number of hydrogen-bond donors (Lipinski definition) is 3. The van der Waals surface area contributed by atoms with Gasteiger partial charge in [-0.1, -0.05) is 6.07 Å². The number of piperidine rings is 1. The highest BCUT2D eigenvalue weighted by molar-refractivity contribution is 5.96. The summed E-state index contributed by atoms with van der Waals surface area (Å²) in [6.07, 6.45) is -5.31. The number of nitrogens with zero attached hydrogens (tertiary/aromatic N) is 3. The Labute approximate surface area is 192 Å². The van der Waals surface area contributed by atoms with E-state index in [4.69, 9.17) is 0 Å². The van der Waals surface area contributed by atoms with Crippen LogP contribution in [0, 0.1) is 0 Å². The molecular weight excluding hydrogens is 458 g/mol. The monoisotopic (exact) mass is 483 g/mol. The van der Waals surface area contributed by atoms with Crippen LogP contribution in [-0.4, -0.2) is 65.4 Å². The summed E-state index contributed by atoms with van der Waals surface area (Å²) in [5.41, 5.74) is -2.39. The topological polar surface area (TPSA) is 102 Å². The minimum Gasteiger partial charge on any atom is -0.376 e. The molecule has 0 radical (unpaired) electrons. The molecule has 3 N–H and O–H groups in total. The van der Waals surface area contributed by atoms with Crippen LogP contribution in [0.4, 0.5) is 29.1 Å². The number of carbonyl (C=O) groups excluding carboxylic acids is 2. The molecule has 0 spiro atoms. The van der Waals surface area contributed by atoms with Gasteiger partial charge < -0.3 is 20.2 Å². The fourth-order valence-electron chi connectivity index (χ4n) is 4.64. The van der Waals surface area contributed by atoms with Gasteiger partial charge in [0.15, 0.2) is 5.60 Å². The van der Waals surface area contributed by atoms with Crippen molar-refractivity contribution in [3.05, 3.63) is 40.6 Å². The fraction of sp³-hybridized carbons (Fsp3) is 0.500. The molecule has 34 heavy (non-hydrogen) atoms. The van der Waals surface area contributed by atoms with Crippen molar-refractivity contribution in [2.75, 3.05) is 37.4 Å². The molecule has 2 amide bonds. The standard InChI is InChI=1S/C22H25F4N5O3/c1-30(2)20(33)15-9-14(4-3-13(15)11-23)31-7-5-12(6-8-31)18-17-19(29-28-18)27-16(32)10-21(17,34)22(24,25)26/h3-4,9,12,34H,5-8,10-11H2,1-2H3,(H2,27,28,29,32). The Morgan fingerprint density at radius 1 is 1.29 bits per heavy atom. The van der Waals surface area contributed by atoms with Crippen LogP contribution in [-0.2, 0) is 17.1 Å². The lowest BCUT2D eigenvalue weighted by atomic mass is 9.81. The van der Waals surface area contributed by atoms with E-state index in [1.54, 1.807) is 32.3 Å². The second-order valence-corrected chi connectivity index (χ2v) is 8.88. The van der Waals surface area contributed by atoms with Crippen LogP contribution >= 0.6 is 0 Å². The average molecular weight is 483 g/mol. The maximum Gasteiger partial charge on any atom is 0.422 e. The number of alkyl halides is 4. The van der Waals surface area contributed by atoms with Gasteiger partial charge in [-0.3, -0.25) is 14.7 Å². The largest absolute Gasteiger partial charge is 0.422 e. The van der Waals surface area contributed by atoms with Gasteiger partial charge in [0, 0.05) is 44.4 Å². The SMILES string of the molecule is CN(C)C(=O)c1cc(N2CCC(c3n[nH]c4c3C(O)(C(F)(F)F)CC(=O)N4)CC2)ccc1CF. The number of aromatic nitrogens is 2. The fourth-order valence-corrected chi connectivity index (χ4v) is 4.64. The number of fused-ring (bicyclic) bond motifs is 1. The molecule has 1 aromatic carbocycles. The predicted octanol–water partition coefficient (Wildman–Crippen LogP) is 3.06. The van der Waals surface area contributed by atoms with E-state index in [0.717, 1.165) is 0 Å². The van der Waals surface area contributed by atoms with Gasteiger partial charge in [-0.15, -0.1) is 0 Å². The smallest absolute Gasteiger partial charge is 0.376 e. The normalized spacial score (nSPS) is 21.3. The van der Waals surface area contributed by atoms with Crippen molar-refractivity contribution in [2.45, 2.75) is 43.6 Å². The van der Waals surface area contributed by atoms with Gasteiger partial charge >= 0.3 is 6.18 Å². The van der Waals surface area contributed by atoms with Crippen molar-refractivity contribution in [2.24, 2.45) is 0 Å². The van der Waals surface area contributed by atoms with E-state index < -0.39 is 36.3 Å². The third-order valence-corrected chi connectivity index (χ3v) is 6.48. The molecule has 1 aromatic heterocycles. The molecule has 12 heteroatoms. The van der Waals surface area contributed by atoms with Crippen LogP contribution < -0.4 is 10.2 Å². The van der Waals surface area contributed by atoms with Crippen LogP contribution in [0.5, 0.6) is 0 Å². The molecule has 2 aliphatic rings. The molecular formula is C22H25F4N5O3. The maximum absolute atomic E-state index is 13.8. The Balaban J connectivity index is 1.57. The van der Waals surface area contributed by atoms with Gasteiger partial charge in [0.25, 0.3) is 5.91 Å². The molecule has 8 nitrogen and oxygen atoms in total. The summed E-state index contributed by atoms with van der Waals surface area (Å²) in [4.78, 5) is 27.6. The molecule has 3 heterocycles. The average Bonchev–Trinajstić information content (AvgIpc) is 3.22. The zero-order chi connectivity index (χ0) is 24.8. The number of carbonyl (C=O) groups is 2. The van der Waals surface area contributed by atoms with E-state index in [-0.39, 0.29) is 34.5 Å². The van der Waals surface area contributed by atoms with Crippen molar-refractivity contribution in [3.8, 4) is 0 Å². The third-order valence-electron chi connectivity index (χ3n) is 6.48. The summed E-state index contributed by atoms with van der Waals surface area (Å²) in [5.74, 6) is -1.88. The summed E-state index contributed by atoms with van der Waals surface area (Å²) in [6, 6.07) is 4.91. The highest BCUT2D eigenvalue weighted by Crippen LogP contribution is 2.49. The molecule has 0 bridgehead atoms. The molecule has 4 rings (SSSR count). The highest BCUT2D eigenvalue weighted by Gasteiger charge is 2.61. The van der Waals surface area contributed by atoms with E-state index in [1.807, 2.05) is 4.90 Å². The first-order valence-electron chi connectivity index (χ1n) is 10.8. The van der Waals surface area contributed by atoms with Crippen LogP contribution in [0.3, 0.4) is 0 Å². The number of anilines is 2. The summed E-state index contributed by atoms with van der Waals surface area (Å²) >= 11 is 0. The van der Waals surface area contributed by atoms with Crippen LogP contribution in [0.25, 0.3) is 0 Å². The predicted molar refractivity (Wildman–Crippen MR) is 115 cm³/mol. The molecule has 0 aliphatic carbocycles. The van der Waals surface area contributed by atoms with Crippen LogP contribution in [0.1, 0.15) is 52.4 Å². The second kappa shape index (κ2) is 8.57. The molecule has 0 saturated carbocycles. The Morgan fingerprint density at radius 3 is 2.56 bits per heavy atom. The van der Waals surface area contributed by atoms with E-state index in [2.05, 4.69) is 15.5 Å². The maximum atomic E-state index is 13.8. The van der Waals surface area contributed by atoms with Crippen molar-refractivity contribution >= 4 is 23.3 Å². The number of halogens is 4. The third kappa shape index (κ3) is 3.99. The summed E-state index contributed by atoms with van der Waals surface area (Å²) in [6.45, 7) is 0.127. The Morgan fingerprint density at radius 2 is 1.97 bits per heavy atom. The second-order valence-electron chi connectivity index (χ2n) is 8.88. The molecule has 1 fully saturated rings. The minimum absolute atomic E-state index is 0.0886. The Bertz CT molecular complexity index is 1110. The number of rotatable bonds is 4. The molecule has 184 valence electrons. The molecule has 2 aliphatic heterocycles. The zero-order valence-electron chi connectivity index (χ0n) is 18.7. The van der Waals surface area contributed by atoms with Gasteiger partial charge in [0.2, 0.25) is 5.91 Å². The number of aromatic amines is 1. The van der Waals surface area contributed by atoms with Crippen LogP contribution in [0.2, 0.25) is 0 Å². The van der Waals surface area contributed by atoms with Gasteiger partial charge in [-0.05, 0) is 30.5 Å². The van der Waals surface area contributed by atoms with Gasteiger partial charge in [0.1, 0.15) is 12.5 Å². The van der Waals surface area contributed by atoms with Crippen molar-refractivity contribution in [3.63, 3.8) is 0 Å². The first-order chi connectivity index (χ1) is 16.0. The van der Waals surface area contributed by atoms with E-state index in [9.17, 15) is 32.3 Å². The van der Waals surface area contributed by atoms with Crippen molar-refractivity contribution < 1.29 is 32.3 Å². The lowest BCUT2D eigenvalue weighted by molar-refractivity contribution is -0.267. The Hall–Kier alpha value is -3.15.